The third-order valence-corrected chi connectivity index (χ3v) is 2.05. The molecule has 0 atom stereocenters. The Kier molecular flexibility index (Phi) is 3.34. The smallest absolute Gasteiger partial charge is 0.223 e. The zero-order chi connectivity index (χ0) is 10.6. The van der Waals surface area contributed by atoms with Crippen molar-refractivity contribution in [2.45, 2.75) is 13.5 Å². The molecule has 0 saturated heterocycles. The van der Waals surface area contributed by atoms with Crippen LogP contribution in [0.5, 0.6) is 5.75 Å². The normalized spacial score (nSPS) is 9.79. The predicted octanol–water partition coefficient (Wildman–Crippen LogP) is 0.595. The molecule has 1 aromatic heterocycles. The summed E-state index contributed by atoms with van der Waals surface area (Å²) in [6.45, 7) is 6.64. The van der Waals surface area contributed by atoms with Gasteiger partial charge in [-0.3, -0.25) is 4.79 Å². The van der Waals surface area contributed by atoms with Gasteiger partial charge in [0.25, 0.3) is 0 Å². The zero-order valence-corrected chi connectivity index (χ0v) is 8.16. The Balaban J connectivity index is 2.83. The number of aromatic hydroxyl groups is 1. The molecule has 14 heavy (non-hydrogen) atoms. The van der Waals surface area contributed by atoms with Crippen molar-refractivity contribution in [2.24, 2.45) is 0 Å². The molecule has 1 aromatic rings. The first-order chi connectivity index (χ1) is 6.66. The van der Waals surface area contributed by atoms with Crippen LogP contribution in [0.25, 0.3) is 0 Å². The number of nitrogens with zero attached hydrogens (tertiary/aromatic N) is 1. The van der Waals surface area contributed by atoms with Crippen LogP contribution in [0.3, 0.4) is 0 Å². The van der Waals surface area contributed by atoms with Gasteiger partial charge in [0.1, 0.15) is 0 Å². The van der Waals surface area contributed by atoms with Gasteiger partial charge in [0.15, 0.2) is 5.75 Å². The molecule has 0 bridgehead atoms. The summed E-state index contributed by atoms with van der Waals surface area (Å²) in [5.41, 5.74) is 0.249. The highest BCUT2D eigenvalue weighted by Crippen LogP contribution is 2.08. The number of aromatic nitrogens is 1. The van der Waals surface area contributed by atoms with E-state index in [-0.39, 0.29) is 11.2 Å². The summed E-state index contributed by atoms with van der Waals surface area (Å²) in [6, 6.07) is 1.36. The van der Waals surface area contributed by atoms with Gasteiger partial charge in [0.2, 0.25) is 5.43 Å². The fourth-order valence-electron chi connectivity index (χ4n) is 1.19. The van der Waals surface area contributed by atoms with Gasteiger partial charge in [0, 0.05) is 25.4 Å². The van der Waals surface area contributed by atoms with Crippen LogP contribution in [0.15, 0.2) is 29.8 Å². The third kappa shape index (κ3) is 2.16. The minimum Gasteiger partial charge on any atom is -0.503 e. The monoisotopic (exact) mass is 194 g/mol. The van der Waals surface area contributed by atoms with Crippen molar-refractivity contribution < 1.29 is 5.11 Å². The van der Waals surface area contributed by atoms with E-state index in [9.17, 15) is 9.90 Å². The Morgan fingerprint density at radius 2 is 2.43 bits per heavy atom. The molecule has 0 amide bonds. The fraction of sp³-hybridized carbons (Fsp3) is 0.300. The van der Waals surface area contributed by atoms with E-state index >= 15 is 0 Å². The molecule has 0 aromatic carbocycles. The van der Waals surface area contributed by atoms with E-state index in [1.807, 2.05) is 4.57 Å². The molecule has 1 rings (SSSR count). The van der Waals surface area contributed by atoms with E-state index in [1.165, 1.54) is 6.07 Å². The third-order valence-electron chi connectivity index (χ3n) is 2.05. The molecule has 0 radical (unpaired) electrons. The van der Waals surface area contributed by atoms with Crippen molar-refractivity contribution in [1.82, 2.24) is 9.88 Å². The van der Waals surface area contributed by atoms with Crippen LogP contribution in [-0.4, -0.2) is 16.2 Å². The molecule has 76 valence electrons. The summed E-state index contributed by atoms with van der Waals surface area (Å²) >= 11 is 0. The van der Waals surface area contributed by atoms with Crippen LogP contribution in [-0.2, 0) is 6.54 Å². The van der Waals surface area contributed by atoms with Gasteiger partial charge in [-0.1, -0.05) is 6.58 Å². The topological polar surface area (TPSA) is 54.3 Å². The van der Waals surface area contributed by atoms with Crippen molar-refractivity contribution in [3.63, 3.8) is 0 Å². The van der Waals surface area contributed by atoms with Crippen LogP contribution >= 0.6 is 0 Å². The minimum absolute atomic E-state index is 0.175. The number of nitrogens with one attached hydrogen (secondary N) is 1. The van der Waals surface area contributed by atoms with Gasteiger partial charge in [-0.05, 0) is 13.1 Å². The first-order valence-electron chi connectivity index (χ1n) is 4.40. The van der Waals surface area contributed by atoms with Gasteiger partial charge >= 0.3 is 0 Å². The van der Waals surface area contributed by atoms with E-state index < -0.39 is 0 Å². The number of rotatable bonds is 4. The summed E-state index contributed by atoms with van der Waals surface area (Å²) in [4.78, 5) is 11.0. The van der Waals surface area contributed by atoms with Gasteiger partial charge < -0.3 is 15.0 Å². The lowest BCUT2D eigenvalue weighted by Gasteiger charge is -2.10. The quantitative estimate of drug-likeness (QED) is 0.690. The standard InChI is InChI=1S/C10H14N2O2/c1-3-11-5-7-12-6-4-9(13)10(14)8(12)2/h3-4,6,11,14H,1,5,7H2,2H3. The zero-order valence-electron chi connectivity index (χ0n) is 8.16. The summed E-state index contributed by atoms with van der Waals surface area (Å²) in [7, 11) is 0. The van der Waals surface area contributed by atoms with Crippen molar-refractivity contribution in [1.29, 1.82) is 0 Å². The summed E-state index contributed by atoms with van der Waals surface area (Å²) in [6.07, 6.45) is 3.28. The maximum atomic E-state index is 11.0. The molecule has 0 fully saturated rings. The second-order valence-electron chi connectivity index (χ2n) is 2.97. The second kappa shape index (κ2) is 4.50. The summed E-state index contributed by atoms with van der Waals surface area (Å²) < 4.78 is 1.81. The van der Waals surface area contributed by atoms with E-state index in [0.717, 1.165) is 0 Å². The van der Waals surface area contributed by atoms with Gasteiger partial charge in [0.05, 0.1) is 5.69 Å². The summed E-state index contributed by atoms with van der Waals surface area (Å²) in [5.74, 6) is -0.175. The fourth-order valence-corrected chi connectivity index (χ4v) is 1.19. The lowest BCUT2D eigenvalue weighted by atomic mass is 10.3. The van der Waals surface area contributed by atoms with E-state index in [4.69, 9.17) is 0 Å². The SMILES string of the molecule is C=CNCCn1ccc(=O)c(O)c1C. The number of hydrogen-bond donors (Lipinski definition) is 2. The van der Waals surface area contributed by atoms with Crippen LogP contribution < -0.4 is 10.7 Å². The van der Waals surface area contributed by atoms with Crippen molar-refractivity contribution >= 4 is 0 Å². The Morgan fingerprint density at radius 1 is 1.71 bits per heavy atom. The largest absolute Gasteiger partial charge is 0.503 e. The molecule has 0 aliphatic rings. The number of pyridine rings is 1. The van der Waals surface area contributed by atoms with Crippen LogP contribution in [0, 0.1) is 6.92 Å². The van der Waals surface area contributed by atoms with E-state index in [2.05, 4.69) is 11.9 Å². The first kappa shape index (κ1) is 10.4. The average molecular weight is 194 g/mol. The lowest BCUT2D eigenvalue weighted by Crippen LogP contribution is -2.17. The molecule has 0 saturated carbocycles. The molecule has 0 aliphatic carbocycles. The molecule has 0 unspecified atom stereocenters. The molecular weight excluding hydrogens is 180 g/mol. The van der Waals surface area contributed by atoms with Crippen LogP contribution in [0.2, 0.25) is 0 Å². The molecule has 2 N–H and O–H groups in total. The van der Waals surface area contributed by atoms with Gasteiger partial charge in [-0.2, -0.15) is 0 Å². The maximum absolute atomic E-state index is 11.0. The summed E-state index contributed by atoms with van der Waals surface area (Å²) in [5, 5.41) is 12.3. The minimum atomic E-state index is -0.338. The van der Waals surface area contributed by atoms with Gasteiger partial charge in [-0.15, -0.1) is 0 Å². The highest BCUT2D eigenvalue weighted by atomic mass is 16.3. The molecule has 1 heterocycles. The maximum Gasteiger partial charge on any atom is 0.223 e. The average Bonchev–Trinajstić information content (AvgIpc) is 2.18. The molecule has 4 heteroatoms. The van der Waals surface area contributed by atoms with Crippen LogP contribution in [0.4, 0.5) is 0 Å². The lowest BCUT2D eigenvalue weighted by molar-refractivity contribution is 0.452. The Bertz CT molecular complexity index is 382. The Labute approximate surface area is 82.5 Å². The Morgan fingerprint density at radius 3 is 3.07 bits per heavy atom. The van der Waals surface area contributed by atoms with Crippen molar-refractivity contribution in [3.8, 4) is 5.75 Å². The molecule has 0 spiro atoms. The first-order valence-corrected chi connectivity index (χ1v) is 4.40. The molecule has 0 aliphatic heterocycles. The Hall–Kier alpha value is -1.71. The predicted molar refractivity (Wildman–Crippen MR) is 55.3 cm³/mol. The second-order valence-corrected chi connectivity index (χ2v) is 2.97. The van der Waals surface area contributed by atoms with Crippen LogP contribution in [0.1, 0.15) is 5.69 Å². The van der Waals surface area contributed by atoms with Gasteiger partial charge in [-0.25, -0.2) is 0 Å². The molecular formula is C10H14N2O2. The van der Waals surface area contributed by atoms with E-state index in [1.54, 1.807) is 19.3 Å². The molecule has 4 nitrogen and oxygen atoms in total. The highest BCUT2D eigenvalue weighted by molar-refractivity contribution is 5.25. The van der Waals surface area contributed by atoms with Crippen molar-refractivity contribution in [2.75, 3.05) is 6.54 Å². The van der Waals surface area contributed by atoms with E-state index in [0.29, 0.717) is 18.8 Å². The highest BCUT2D eigenvalue weighted by Gasteiger charge is 2.03. The van der Waals surface area contributed by atoms with Crippen molar-refractivity contribution in [3.05, 3.63) is 41.0 Å². The number of hydrogen-bond acceptors (Lipinski definition) is 3.